The minimum Gasteiger partial charge on any atom is -0.462 e. The van der Waals surface area contributed by atoms with Gasteiger partial charge in [0.25, 0.3) is 0 Å². The molecule has 2 aromatic carbocycles. The van der Waals surface area contributed by atoms with E-state index in [9.17, 15) is 9.59 Å². The van der Waals surface area contributed by atoms with E-state index in [-0.39, 0.29) is 6.61 Å². The number of rotatable bonds is 5. The highest BCUT2D eigenvalue weighted by Crippen LogP contribution is 2.31. The largest absolute Gasteiger partial charge is 0.462 e. The number of carbonyl (C=O) groups is 2. The third-order valence-corrected chi connectivity index (χ3v) is 4.42. The van der Waals surface area contributed by atoms with E-state index in [1.54, 1.807) is 13.0 Å². The monoisotopic (exact) mass is 405 g/mol. The Kier molecular flexibility index (Phi) is 6.40. The summed E-state index contributed by atoms with van der Waals surface area (Å²) in [5.41, 5.74) is 2.58. The second-order valence-corrected chi connectivity index (χ2v) is 7.96. The molecule has 30 heavy (non-hydrogen) atoms. The maximum Gasteiger partial charge on any atom is 0.419 e. The molecule has 156 valence electrons. The van der Waals surface area contributed by atoms with Crippen molar-refractivity contribution in [2.45, 2.75) is 39.7 Å². The number of hydrogen-bond donors (Lipinski definition) is 0. The standard InChI is InChI=1S/C25H27NO4/c1-5-29-23(27)21-17-20(16-18-12-8-6-9-13-18)26(24(28)30-25(2,3)4)22(21)19-14-10-7-11-15-19/h6-15,17H,5,16H2,1-4H3. The van der Waals surface area contributed by atoms with Crippen LogP contribution in [0.1, 0.15) is 49.3 Å². The van der Waals surface area contributed by atoms with E-state index < -0.39 is 17.7 Å². The van der Waals surface area contributed by atoms with Gasteiger partial charge in [0.1, 0.15) is 5.60 Å². The molecule has 0 bridgehead atoms. The molecule has 0 saturated heterocycles. The molecule has 5 heteroatoms. The smallest absolute Gasteiger partial charge is 0.419 e. The van der Waals surface area contributed by atoms with Gasteiger partial charge in [0, 0.05) is 12.1 Å². The molecule has 0 N–H and O–H groups in total. The molecule has 0 spiro atoms. The van der Waals surface area contributed by atoms with Crippen molar-refractivity contribution < 1.29 is 19.1 Å². The fourth-order valence-electron chi connectivity index (χ4n) is 3.26. The first-order chi connectivity index (χ1) is 14.3. The fraction of sp³-hybridized carbons (Fsp3) is 0.280. The van der Waals surface area contributed by atoms with Gasteiger partial charge in [0.15, 0.2) is 0 Å². The first-order valence-corrected chi connectivity index (χ1v) is 10.0. The summed E-state index contributed by atoms with van der Waals surface area (Å²) in [7, 11) is 0. The van der Waals surface area contributed by atoms with Crippen molar-refractivity contribution in [3.05, 3.63) is 83.6 Å². The first-order valence-electron chi connectivity index (χ1n) is 10.0. The van der Waals surface area contributed by atoms with Crippen LogP contribution < -0.4 is 0 Å². The van der Waals surface area contributed by atoms with Crippen molar-refractivity contribution in [1.29, 1.82) is 0 Å². The predicted octanol–water partition coefficient (Wildman–Crippen LogP) is 5.71. The molecule has 0 amide bonds. The number of benzene rings is 2. The van der Waals surface area contributed by atoms with E-state index in [1.165, 1.54) is 4.57 Å². The summed E-state index contributed by atoms with van der Waals surface area (Å²) in [4.78, 5) is 26.0. The second-order valence-electron chi connectivity index (χ2n) is 7.96. The number of ether oxygens (including phenoxy) is 2. The van der Waals surface area contributed by atoms with Crippen LogP contribution in [0.5, 0.6) is 0 Å². The Morgan fingerprint density at radius 2 is 1.53 bits per heavy atom. The zero-order valence-corrected chi connectivity index (χ0v) is 17.8. The minimum atomic E-state index is -0.677. The Morgan fingerprint density at radius 3 is 2.10 bits per heavy atom. The number of esters is 1. The zero-order valence-electron chi connectivity index (χ0n) is 17.8. The van der Waals surface area contributed by atoms with Crippen molar-refractivity contribution in [2.24, 2.45) is 0 Å². The minimum absolute atomic E-state index is 0.249. The lowest BCUT2D eigenvalue weighted by atomic mass is 10.1. The van der Waals surface area contributed by atoms with Gasteiger partial charge in [0.05, 0.1) is 17.9 Å². The number of nitrogens with zero attached hydrogens (tertiary/aromatic N) is 1. The molecule has 0 unspecified atom stereocenters. The molecule has 0 saturated carbocycles. The molecule has 0 aliphatic heterocycles. The van der Waals surface area contributed by atoms with E-state index in [2.05, 4.69) is 0 Å². The number of hydrogen-bond acceptors (Lipinski definition) is 4. The van der Waals surface area contributed by atoms with Crippen molar-refractivity contribution >= 4 is 12.1 Å². The second kappa shape index (κ2) is 8.99. The van der Waals surface area contributed by atoms with Crippen LogP contribution in [0.3, 0.4) is 0 Å². The molecule has 3 aromatic rings. The van der Waals surface area contributed by atoms with Gasteiger partial charge >= 0.3 is 12.1 Å². The molecule has 0 fully saturated rings. The Balaban J connectivity index is 2.22. The average Bonchev–Trinajstić information content (AvgIpc) is 3.08. The summed E-state index contributed by atoms with van der Waals surface area (Å²) in [5, 5.41) is 0. The average molecular weight is 405 g/mol. The molecule has 1 aromatic heterocycles. The number of aromatic nitrogens is 1. The van der Waals surface area contributed by atoms with Gasteiger partial charge in [-0.2, -0.15) is 0 Å². The Labute approximate surface area is 177 Å². The van der Waals surface area contributed by atoms with Gasteiger partial charge in [-0.15, -0.1) is 0 Å². The number of carbonyl (C=O) groups excluding carboxylic acids is 2. The van der Waals surface area contributed by atoms with Crippen LogP contribution in [-0.4, -0.2) is 28.8 Å². The van der Waals surface area contributed by atoms with E-state index >= 15 is 0 Å². The molecule has 0 atom stereocenters. The molecule has 1 heterocycles. The van der Waals surface area contributed by atoms with Crippen LogP contribution in [0.25, 0.3) is 11.3 Å². The Bertz CT molecular complexity index is 1010. The molecule has 0 aliphatic carbocycles. The third-order valence-electron chi connectivity index (χ3n) is 4.42. The lowest BCUT2D eigenvalue weighted by Gasteiger charge is -2.22. The highest BCUT2D eigenvalue weighted by atomic mass is 16.6. The van der Waals surface area contributed by atoms with Gasteiger partial charge in [0.2, 0.25) is 0 Å². The van der Waals surface area contributed by atoms with Crippen molar-refractivity contribution in [2.75, 3.05) is 6.61 Å². The Morgan fingerprint density at radius 1 is 0.933 bits per heavy atom. The van der Waals surface area contributed by atoms with Crippen LogP contribution in [-0.2, 0) is 15.9 Å². The first kappa shape index (κ1) is 21.4. The summed E-state index contributed by atoms with van der Waals surface area (Å²) in [6.07, 6.45) is -0.0536. The van der Waals surface area contributed by atoms with Gasteiger partial charge in [-0.25, -0.2) is 14.2 Å². The molecular weight excluding hydrogens is 378 g/mol. The maximum absolute atomic E-state index is 13.2. The Hall–Kier alpha value is -3.34. The molecule has 0 aliphatic rings. The lowest BCUT2D eigenvalue weighted by molar-refractivity contribution is 0.0527. The highest BCUT2D eigenvalue weighted by Gasteiger charge is 2.29. The normalized spacial score (nSPS) is 11.2. The third kappa shape index (κ3) is 4.98. The summed E-state index contributed by atoms with van der Waals surface area (Å²) in [6.45, 7) is 7.47. The molecule has 0 radical (unpaired) electrons. The quantitative estimate of drug-likeness (QED) is 0.511. The van der Waals surface area contributed by atoms with Crippen LogP contribution in [0.4, 0.5) is 4.79 Å². The van der Waals surface area contributed by atoms with E-state index in [0.717, 1.165) is 11.1 Å². The summed E-state index contributed by atoms with van der Waals surface area (Å²) >= 11 is 0. The highest BCUT2D eigenvalue weighted by molar-refractivity contribution is 5.99. The molecule has 3 rings (SSSR count). The van der Waals surface area contributed by atoms with Crippen molar-refractivity contribution in [1.82, 2.24) is 4.57 Å². The topological polar surface area (TPSA) is 57.5 Å². The van der Waals surface area contributed by atoms with Gasteiger partial charge in [-0.3, -0.25) is 0 Å². The van der Waals surface area contributed by atoms with Crippen LogP contribution in [0, 0.1) is 0 Å². The van der Waals surface area contributed by atoms with Crippen molar-refractivity contribution in [3.63, 3.8) is 0 Å². The van der Waals surface area contributed by atoms with Gasteiger partial charge in [-0.1, -0.05) is 60.7 Å². The summed E-state index contributed by atoms with van der Waals surface area (Å²) < 4.78 is 12.5. The zero-order chi connectivity index (χ0) is 21.7. The summed E-state index contributed by atoms with van der Waals surface area (Å²) in [6, 6.07) is 20.9. The molecule has 5 nitrogen and oxygen atoms in total. The summed E-state index contributed by atoms with van der Waals surface area (Å²) in [5.74, 6) is -0.465. The SMILES string of the molecule is CCOC(=O)c1cc(Cc2ccccc2)n(C(=O)OC(C)(C)C)c1-c1ccccc1. The van der Waals surface area contributed by atoms with Crippen LogP contribution >= 0.6 is 0 Å². The van der Waals surface area contributed by atoms with Gasteiger partial charge < -0.3 is 9.47 Å². The fourth-order valence-corrected chi connectivity index (χ4v) is 3.26. The predicted molar refractivity (Wildman–Crippen MR) is 117 cm³/mol. The van der Waals surface area contributed by atoms with Gasteiger partial charge in [-0.05, 0) is 44.9 Å². The van der Waals surface area contributed by atoms with Crippen molar-refractivity contribution in [3.8, 4) is 11.3 Å². The van der Waals surface area contributed by atoms with Crippen LogP contribution in [0.15, 0.2) is 66.7 Å². The van der Waals surface area contributed by atoms with E-state index in [0.29, 0.717) is 23.4 Å². The maximum atomic E-state index is 13.2. The van der Waals surface area contributed by atoms with E-state index in [4.69, 9.17) is 9.47 Å². The van der Waals surface area contributed by atoms with E-state index in [1.807, 2.05) is 81.4 Å². The van der Waals surface area contributed by atoms with Crippen LogP contribution in [0.2, 0.25) is 0 Å². The lowest BCUT2D eigenvalue weighted by Crippen LogP contribution is -2.28. The molecular formula is C25H27NO4.